The number of ether oxygens (including phenoxy) is 3. The molecule has 0 unspecified atom stereocenters. The fourth-order valence-corrected chi connectivity index (χ4v) is 5.49. The maximum Gasteiger partial charge on any atom is 0.491 e. The molecule has 0 radical (unpaired) electrons. The van der Waals surface area contributed by atoms with Gasteiger partial charge in [0.25, 0.3) is 0 Å². The van der Waals surface area contributed by atoms with Gasteiger partial charge >= 0.3 is 18.3 Å². The Hall–Kier alpha value is -2.88. The lowest BCUT2D eigenvalue weighted by molar-refractivity contribution is -0.190. The van der Waals surface area contributed by atoms with E-state index in [2.05, 4.69) is 20.3 Å². The number of methoxy groups -OCH3 is 2. The predicted molar refractivity (Wildman–Crippen MR) is 138 cm³/mol. The number of nitrogens with zero attached hydrogens (tertiary/aromatic N) is 2. The fourth-order valence-electron chi connectivity index (χ4n) is 4.42. The van der Waals surface area contributed by atoms with E-state index in [1.54, 1.807) is 12.1 Å². The summed E-state index contributed by atoms with van der Waals surface area (Å²) in [6.45, 7) is 3.10. The lowest BCUT2D eigenvalue weighted by atomic mass is 10.1. The predicted octanol–water partition coefficient (Wildman–Crippen LogP) is 4.89. The van der Waals surface area contributed by atoms with Gasteiger partial charge in [-0.3, -0.25) is 0 Å². The molecule has 2 aromatic rings. The van der Waals surface area contributed by atoms with Crippen molar-refractivity contribution in [3.05, 3.63) is 29.8 Å². The summed E-state index contributed by atoms with van der Waals surface area (Å²) in [5.74, 6) is -4.00. The number of alkyl halides is 6. The van der Waals surface area contributed by atoms with E-state index in [4.69, 9.17) is 9.47 Å². The molecule has 0 spiro atoms. The summed E-state index contributed by atoms with van der Waals surface area (Å²) in [5.41, 5.74) is -1.07. The quantitative estimate of drug-likeness (QED) is 0.205. The SMILES string of the molecule is COCCN(CCOC)c1cc2c(c(OC(=O)C(F)(F)F)c1C(F)(F)F)Nc1ccc(N3CCNCC3)cc1S2. The largest absolute Gasteiger partial charge is 0.491 e. The van der Waals surface area contributed by atoms with E-state index < -0.39 is 35.3 Å². The molecule has 2 aromatic carbocycles. The van der Waals surface area contributed by atoms with Crippen LogP contribution in [0.5, 0.6) is 5.75 Å². The monoisotopic (exact) mass is 594 g/mol. The van der Waals surface area contributed by atoms with Crippen LogP contribution in [0.2, 0.25) is 0 Å². The Labute approximate surface area is 230 Å². The number of halogens is 6. The van der Waals surface area contributed by atoms with Crippen LogP contribution in [0.4, 0.5) is 49.1 Å². The summed E-state index contributed by atoms with van der Waals surface area (Å²) in [6.07, 6.45) is -10.7. The highest BCUT2D eigenvalue weighted by atomic mass is 32.2. The molecule has 40 heavy (non-hydrogen) atoms. The zero-order valence-electron chi connectivity index (χ0n) is 21.7. The second-order valence-corrected chi connectivity index (χ2v) is 10.1. The van der Waals surface area contributed by atoms with Crippen LogP contribution in [0.1, 0.15) is 5.56 Å². The average molecular weight is 595 g/mol. The Morgan fingerprint density at radius 1 is 1.00 bits per heavy atom. The van der Waals surface area contributed by atoms with Crippen molar-refractivity contribution in [2.75, 3.05) is 81.8 Å². The van der Waals surface area contributed by atoms with Crippen molar-refractivity contribution in [3.63, 3.8) is 0 Å². The van der Waals surface area contributed by atoms with E-state index in [1.807, 2.05) is 6.07 Å². The summed E-state index contributed by atoms with van der Waals surface area (Å²) in [4.78, 5) is 16.1. The fraction of sp³-hybridized carbons (Fsp3) is 0.480. The molecule has 8 nitrogen and oxygen atoms in total. The minimum Gasteiger partial charge on any atom is -0.417 e. The standard InChI is InChI=1S/C25H28F6N4O4S/c1-37-11-9-35(10-12-38-2)17-14-19-21(22(20(17)24(26,27)28)39-23(36)25(29,30)31)33-16-4-3-15(13-18(16)40-19)34-7-5-32-6-8-34/h3-4,13-14,32-33H,5-12H2,1-2H3. The van der Waals surface area contributed by atoms with Crippen LogP contribution in [-0.2, 0) is 20.4 Å². The van der Waals surface area contributed by atoms with Crippen LogP contribution in [0, 0.1) is 0 Å². The molecule has 2 N–H and O–H groups in total. The Morgan fingerprint density at radius 3 is 2.23 bits per heavy atom. The van der Waals surface area contributed by atoms with Gasteiger partial charge in [0.2, 0.25) is 0 Å². The van der Waals surface area contributed by atoms with Crippen molar-refractivity contribution >= 4 is 40.5 Å². The third-order valence-electron chi connectivity index (χ3n) is 6.33. The number of piperazine rings is 1. The van der Waals surface area contributed by atoms with Gasteiger partial charge in [-0.15, -0.1) is 0 Å². The average Bonchev–Trinajstić information content (AvgIpc) is 2.91. The van der Waals surface area contributed by atoms with Gasteiger partial charge in [-0.05, 0) is 24.3 Å². The molecule has 0 saturated carbocycles. The lowest BCUT2D eigenvalue weighted by Gasteiger charge is -2.33. The van der Waals surface area contributed by atoms with Gasteiger partial charge in [-0.25, -0.2) is 4.79 Å². The van der Waals surface area contributed by atoms with Crippen LogP contribution in [0.25, 0.3) is 0 Å². The molecule has 220 valence electrons. The maximum absolute atomic E-state index is 14.6. The number of anilines is 4. The van der Waals surface area contributed by atoms with Crippen molar-refractivity contribution in [1.82, 2.24) is 5.32 Å². The van der Waals surface area contributed by atoms with E-state index in [0.29, 0.717) is 10.6 Å². The van der Waals surface area contributed by atoms with Crippen molar-refractivity contribution in [3.8, 4) is 5.75 Å². The van der Waals surface area contributed by atoms with Crippen LogP contribution >= 0.6 is 11.8 Å². The van der Waals surface area contributed by atoms with Gasteiger partial charge in [0.1, 0.15) is 5.56 Å². The number of carbonyl (C=O) groups excluding carboxylic acids is 1. The summed E-state index contributed by atoms with van der Waals surface area (Å²) in [6, 6.07) is 6.53. The second-order valence-electron chi connectivity index (χ2n) is 8.98. The van der Waals surface area contributed by atoms with Crippen molar-refractivity contribution in [2.24, 2.45) is 0 Å². The second kappa shape index (κ2) is 12.3. The lowest BCUT2D eigenvalue weighted by Crippen LogP contribution is -2.43. The Bertz CT molecular complexity index is 1210. The van der Waals surface area contributed by atoms with Crippen molar-refractivity contribution < 1.29 is 45.3 Å². The number of benzene rings is 2. The van der Waals surface area contributed by atoms with Gasteiger partial charge in [-0.2, -0.15) is 26.3 Å². The van der Waals surface area contributed by atoms with Gasteiger partial charge in [0.15, 0.2) is 5.75 Å². The first-order chi connectivity index (χ1) is 18.9. The zero-order valence-corrected chi connectivity index (χ0v) is 22.5. The molecule has 4 rings (SSSR count). The van der Waals surface area contributed by atoms with Crippen LogP contribution in [0.15, 0.2) is 34.1 Å². The van der Waals surface area contributed by atoms with Crippen LogP contribution in [0.3, 0.4) is 0 Å². The minimum absolute atomic E-state index is 0.0258. The van der Waals surface area contributed by atoms with Gasteiger partial charge in [-0.1, -0.05) is 11.8 Å². The molecular weight excluding hydrogens is 566 g/mol. The van der Waals surface area contributed by atoms with Crippen LogP contribution in [-0.4, -0.2) is 78.8 Å². The Kier molecular flexibility index (Phi) is 9.27. The van der Waals surface area contributed by atoms with E-state index in [1.165, 1.54) is 25.2 Å². The molecule has 2 aliphatic rings. The van der Waals surface area contributed by atoms with Crippen LogP contribution < -0.4 is 25.2 Å². The summed E-state index contributed by atoms with van der Waals surface area (Å²) in [7, 11) is 2.74. The number of esters is 1. The molecule has 0 aromatic heterocycles. The first-order valence-corrected chi connectivity index (χ1v) is 13.1. The Balaban J connectivity index is 1.87. The molecule has 2 aliphatic heterocycles. The molecular formula is C25H28F6N4O4S. The third kappa shape index (κ3) is 6.70. The highest BCUT2D eigenvalue weighted by molar-refractivity contribution is 7.99. The summed E-state index contributed by atoms with van der Waals surface area (Å²) in [5, 5.41) is 6.06. The molecule has 0 amide bonds. The summed E-state index contributed by atoms with van der Waals surface area (Å²) >= 11 is 1.07. The molecule has 1 saturated heterocycles. The van der Waals surface area contributed by atoms with E-state index in [-0.39, 0.29) is 36.9 Å². The minimum atomic E-state index is -5.52. The van der Waals surface area contributed by atoms with E-state index in [9.17, 15) is 31.1 Å². The molecule has 0 aliphatic carbocycles. The smallest absolute Gasteiger partial charge is 0.417 e. The molecule has 1 fully saturated rings. The number of fused-ring (bicyclic) bond motifs is 2. The number of carbonyl (C=O) groups is 1. The normalized spacial score (nSPS) is 15.2. The molecule has 15 heteroatoms. The highest BCUT2D eigenvalue weighted by Gasteiger charge is 2.47. The number of hydrogen-bond acceptors (Lipinski definition) is 9. The van der Waals surface area contributed by atoms with Crippen molar-refractivity contribution in [2.45, 2.75) is 22.1 Å². The highest BCUT2D eigenvalue weighted by Crippen LogP contribution is 2.56. The van der Waals surface area contributed by atoms with Gasteiger partial charge in [0.05, 0.1) is 30.3 Å². The molecule has 2 heterocycles. The Morgan fingerprint density at radius 2 is 1.65 bits per heavy atom. The van der Waals surface area contributed by atoms with E-state index in [0.717, 1.165) is 43.6 Å². The van der Waals surface area contributed by atoms with Crippen molar-refractivity contribution in [1.29, 1.82) is 0 Å². The topological polar surface area (TPSA) is 75.3 Å². The number of rotatable bonds is 9. The zero-order chi connectivity index (χ0) is 29.1. The third-order valence-corrected chi connectivity index (χ3v) is 7.43. The van der Waals surface area contributed by atoms with E-state index >= 15 is 0 Å². The molecule has 0 bridgehead atoms. The maximum atomic E-state index is 14.6. The number of hydrogen-bond donors (Lipinski definition) is 2. The van der Waals surface area contributed by atoms with Gasteiger partial charge in [0, 0.05) is 69.0 Å². The number of nitrogens with one attached hydrogen (secondary N) is 2. The summed E-state index contributed by atoms with van der Waals surface area (Å²) < 4.78 is 98.0. The van der Waals surface area contributed by atoms with Gasteiger partial charge < -0.3 is 34.6 Å². The molecule has 0 atom stereocenters. The first kappa shape index (κ1) is 30.1. The first-order valence-electron chi connectivity index (χ1n) is 12.3.